The molecule has 0 spiro atoms. The number of aryl methyl sites for hydroxylation is 1. The van der Waals surface area contributed by atoms with Gasteiger partial charge in [0.25, 0.3) is 5.91 Å². The number of carbonyl (C=O) groups excluding carboxylic acids is 1. The lowest BCUT2D eigenvalue weighted by Crippen LogP contribution is -2.35. The number of benzene rings is 2. The molecule has 2 aromatic carbocycles. The van der Waals surface area contributed by atoms with Gasteiger partial charge in [-0.25, -0.2) is 0 Å². The number of nitrogens with one attached hydrogen (secondary N) is 1. The third-order valence-electron chi connectivity index (χ3n) is 6.38. The van der Waals surface area contributed by atoms with Gasteiger partial charge in [-0.15, -0.1) is 0 Å². The van der Waals surface area contributed by atoms with Crippen LogP contribution < -0.4 is 5.32 Å². The lowest BCUT2D eigenvalue weighted by Gasteiger charge is -2.27. The molecule has 1 N–H and O–H groups in total. The normalized spacial score (nSPS) is 15.6. The van der Waals surface area contributed by atoms with Gasteiger partial charge in [-0.1, -0.05) is 83.2 Å². The Morgan fingerprint density at radius 1 is 0.879 bits per heavy atom. The van der Waals surface area contributed by atoms with Gasteiger partial charge < -0.3 is 10.2 Å². The quantitative estimate of drug-likeness (QED) is 0.508. The number of hydrogen-bond acceptors (Lipinski definition) is 2. The molecule has 1 aliphatic heterocycles. The van der Waals surface area contributed by atoms with Crippen LogP contribution in [-0.4, -0.2) is 30.4 Å². The Morgan fingerprint density at radius 3 is 2.00 bits per heavy atom. The van der Waals surface area contributed by atoms with Crippen LogP contribution >= 0.6 is 0 Å². The maximum Gasteiger partial charge on any atom is 0.254 e. The summed E-state index contributed by atoms with van der Waals surface area (Å²) in [5, 5.41) is 3.32. The molecule has 1 heterocycles. The Morgan fingerprint density at radius 2 is 1.45 bits per heavy atom. The van der Waals surface area contributed by atoms with Crippen LogP contribution in [0.3, 0.4) is 0 Å². The van der Waals surface area contributed by atoms with Gasteiger partial charge in [0.15, 0.2) is 0 Å². The molecule has 0 radical (unpaired) electrons. The summed E-state index contributed by atoms with van der Waals surface area (Å²) in [7, 11) is 0. The van der Waals surface area contributed by atoms with E-state index in [1.165, 1.54) is 49.8 Å². The SMILES string of the molecule is C1CCCC1.CCNc1cccc(C(C)(C)C)c1.Cc1ccccc1C(=O)N1CCCCC1.[HH]. The van der Waals surface area contributed by atoms with Crippen molar-refractivity contribution in [3.63, 3.8) is 0 Å². The van der Waals surface area contributed by atoms with E-state index in [9.17, 15) is 4.79 Å². The highest BCUT2D eigenvalue weighted by Gasteiger charge is 2.18. The van der Waals surface area contributed by atoms with Crippen molar-refractivity contribution in [3.05, 3.63) is 65.2 Å². The highest BCUT2D eigenvalue weighted by molar-refractivity contribution is 5.95. The minimum absolute atomic E-state index is 0. The lowest BCUT2D eigenvalue weighted by atomic mass is 9.87. The number of likely N-dealkylation sites (tertiary alicyclic amines) is 1. The van der Waals surface area contributed by atoms with Gasteiger partial charge in [-0.2, -0.15) is 0 Å². The Bertz CT molecular complexity index is 826. The van der Waals surface area contributed by atoms with Gasteiger partial charge in [0.1, 0.15) is 0 Å². The molecular formula is C30H48N2O. The second-order valence-electron chi connectivity index (χ2n) is 10.3. The summed E-state index contributed by atoms with van der Waals surface area (Å²) in [6, 6.07) is 16.5. The first-order valence-electron chi connectivity index (χ1n) is 13.0. The van der Waals surface area contributed by atoms with Crippen molar-refractivity contribution in [3.8, 4) is 0 Å². The number of amides is 1. The first-order chi connectivity index (χ1) is 15.8. The van der Waals surface area contributed by atoms with E-state index in [1.807, 2.05) is 36.1 Å². The van der Waals surface area contributed by atoms with Crippen molar-refractivity contribution in [2.24, 2.45) is 0 Å². The Balaban J connectivity index is 0.000000278. The van der Waals surface area contributed by atoms with Crippen LogP contribution in [0.1, 0.15) is 102 Å². The van der Waals surface area contributed by atoms with Crippen LogP contribution in [0.4, 0.5) is 5.69 Å². The Hall–Kier alpha value is -2.29. The summed E-state index contributed by atoms with van der Waals surface area (Å²) in [5.41, 5.74) is 4.78. The molecule has 0 atom stereocenters. The second kappa shape index (κ2) is 14.1. The molecule has 3 heteroatoms. The zero-order chi connectivity index (χ0) is 24.1. The molecule has 1 aliphatic carbocycles. The smallest absolute Gasteiger partial charge is 0.254 e. The number of carbonyl (C=O) groups is 1. The molecule has 2 aliphatic rings. The van der Waals surface area contributed by atoms with E-state index in [1.54, 1.807) is 0 Å². The first kappa shape index (κ1) is 27.0. The molecule has 3 nitrogen and oxygen atoms in total. The van der Waals surface area contributed by atoms with Crippen molar-refractivity contribution in [1.82, 2.24) is 4.90 Å². The third kappa shape index (κ3) is 9.61. The van der Waals surface area contributed by atoms with Crippen LogP contribution in [0.5, 0.6) is 0 Å². The zero-order valence-corrected chi connectivity index (χ0v) is 21.8. The number of nitrogens with zero attached hydrogens (tertiary/aromatic N) is 1. The molecule has 1 saturated heterocycles. The summed E-state index contributed by atoms with van der Waals surface area (Å²) in [6.45, 7) is 13.6. The zero-order valence-electron chi connectivity index (χ0n) is 21.8. The molecule has 0 aromatic heterocycles. The minimum Gasteiger partial charge on any atom is -0.385 e. The fourth-order valence-electron chi connectivity index (χ4n) is 4.26. The third-order valence-corrected chi connectivity index (χ3v) is 6.38. The van der Waals surface area contributed by atoms with Crippen LogP contribution in [0.25, 0.3) is 0 Å². The molecule has 2 fully saturated rings. The summed E-state index contributed by atoms with van der Waals surface area (Å²) >= 11 is 0. The van der Waals surface area contributed by atoms with Crippen molar-refractivity contribution < 1.29 is 6.22 Å². The van der Waals surface area contributed by atoms with E-state index in [0.717, 1.165) is 43.6 Å². The van der Waals surface area contributed by atoms with E-state index in [4.69, 9.17) is 0 Å². The fourth-order valence-corrected chi connectivity index (χ4v) is 4.26. The lowest BCUT2D eigenvalue weighted by molar-refractivity contribution is 0.0723. The standard InChI is InChI=1S/C13H17NO.C12H19N.C5H10.H2/c1-11-7-3-4-8-12(11)13(15)14-9-5-2-6-10-14;1-5-13-11-8-6-7-10(9-11)12(2,3)4;1-2-4-5-3-1;/h3-4,7-8H,2,5-6,9-10H2,1H3;6-9,13H,5H2,1-4H3;1-5H2;1H. The van der Waals surface area contributed by atoms with Gasteiger partial charge in [0.2, 0.25) is 0 Å². The van der Waals surface area contributed by atoms with E-state index < -0.39 is 0 Å². The molecule has 1 amide bonds. The van der Waals surface area contributed by atoms with Crippen LogP contribution in [-0.2, 0) is 5.41 Å². The average molecular weight is 453 g/mol. The summed E-state index contributed by atoms with van der Waals surface area (Å²) in [4.78, 5) is 14.1. The molecule has 2 aromatic rings. The van der Waals surface area contributed by atoms with Crippen molar-refractivity contribution >= 4 is 11.6 Å². The van der Waals surface area contributed by atoms with E-state index in [0.29, 0.717) is 0 Å². The molecule has 0 unspecified atom stereocenters. The van der Waals surface area contributed by atoms with Gasteiger partial charge in [0, 0.05) is 32.3 Å². The highest BCUT2D eigenvalue weighted by Crippen LogP contribution is 2.24. The van der Waals surface area contributed by atoms with Gasteiger partial charge in [-0.3, -0.25) is 4.79 Å². The highest BCUT2D eigenvalue weighted by atomic mass is 16.2. The van der Waals surface area contributed by atoms with E-state index in [2.05, 4.69) is 57.3 Å². The predicted octanol–water partition coefficient (Wildman–Crippen LogP) is 8.23. The minimum atomic E-state index is 0. The molecular weight excluding hydrogens is 404 g/mol. The van der Waals surface area contributed by atoms with Gasteiger partial charge >= 0.3 is 0 Å². The van der Waals surface area contributed by atoms with E-state index in [-0.39, 0.29) is 12.7 Å². The molecule has 33 heavy (non-hydrogen) atoms. The van der Waals surface area contributed by atoms with Gasteiger partial charge in [-0.05, 0) is 67.9 Å². The summed E-state index contributed by atoms with van der Waals surface area (Å²) in [6.07, 6.45) is 11.1. The van der Waals surface area contributed by atoms with Crippen LogP contribution in [0, 0.1) is 6.92 Å². The second-order valence-corrected chi connectivity index (χ2v) is 10.3. The fraction of sp³-hybridized carbons (Fsp3) is 0.567. The average Bonchev–Trinajstić information content (AvgIpc) is 3.40. The van der Waals surface area contributed by atoms with Crippen LogP contribution in [0.15, 0.2) is 48.5 Å². The molecule has 0 bridgehead atoms. The molecule has 184 valence electrons. The van der Waals surface area contributed by atoms with Crippen LogP contribution in [0.2, 0.25) is 0 Å². The predicted molar refractivity (Wildman–Crippen MR) is 145 cm³/mol. The number of anilines is 1. The number of hydrogen-bond donors (Lipinski definition) is 1. The number of rotatable bonds is 3. The van der Waals surface area contributed by atoms with Crippen molar-refractivity contribution in [1.29, 1.82) is 0 Å². The van der Waals surface area contributed by atoms with Gasteiger partial charge in [0.05, 0.1) is 0 Å². The molecule has 1 saturated carbocycles. The monoisotopic (exact) mass is 452 g/mol. The van der Waals surface area contributed by atoms with Crippen molar-refractivity contribution in [2.75, 3.05) is 25.0 Å². The van der Waals surface area contributed by atoms with E-state index >= 15 is 0 Å². The summed E-state index contributed by atoms with van der Waals surface area (Å²) < 4.78 is 0. The molecule has 4 rings (SSSR count). The topological polar surface area (TPSA) is 32.3 Å². The maximum absolute atomic E-state index is 12.1. The first-order valence-corrected chi connectivity index (χ1v) is 13.0. The maximum atomic E-state index is 12.1. The largest absolute Gasteiger partial charge is 0.385 e. The van der Waals surface area contributed by atoms with Crippen molar-refractivity contribution in [2.45, 2.75) is 91.4 Å². The Labute approximate surface area is 204 Å². The Kier molecular flexibility index (Phi) is 11.5. The summed E-state index contributed by atoms with van der Waals surface area (Å²) in [5.74, 6) is 0.202. The number of piperidine rings is 1.